The van der Waals surface area contributed by atoms with Gasteiger partial charge in [0, 0.05) is 34.7 Å². The standard InChI is InChI=1S/C24H22N2O.ClH/c1-24(2)13-19-22(20(27)14-24)21-16-10-6-7-11-17(16)26-23(21)18(25-19)12-15-8-4-3-5-9-15;/h3-11,26H,12-14H2,1-2H3;1H. The largest absolute Gasteiger partial charge is 0.353 e. The highest BCUT2D eigenvalue weighted by Crippen LogP contribution is 2.40. The summed E-state index contributed by atoms with van der Waals surface area (Å²) in [7, 11) is 0. The second kappa shape index (κ2) is 6.75. The molecule has 1 N–H and O–H groups in total. The monoisotopic (exact) mass is 390 g/mol. The third-order valence-electron chi connectivity index (χ3n) is 5.58. The van der Waals surface area contributed by atoms with Crippen LogP contribution in [-0.2, 0) is 12.8 Å². The highest BCUT2D eigenvalue weighted by atomic mass is 35.5. The lowest BCUT2D eigenvalue weighted by Crippen LogP contribution is -2.28. The number of aromatic amines is 1. The number of carbonyl (C=O) groups excluding carboxylic acids is 1. The molecule has 0 bridgehead atoms. The van der Waals surface area contributed by atoms with Gasteiger partial charge in [0.2, 0.25) is 0 Å². The summed E-state index contributed by atoms with van der Waals surface area (Å²) < 4.78 is 0. The Kier molecular flexibility index (Phi) is 4.51. The Morgan fingerprint density at radius 2 is 1.71 bits per heavy atom. The van der Waals surface area contributed by atoms with E-state index in [0.717, 1.165) is 51.6 Å². The number of hydrogen-bond acceptors (Lipinski definition) is 2. The van der Waals surface area contributed by atoms with E-state index in [1.807, 2.05) is 18.2 Å². The van der Waals surface area contributed by atoms with Gasteiger partial charge in [-0.15, -0.1) is 12.4 Å². The van der Waals surface area contributed by atoms with Gasteiger partial charge in [-0.1, -0.05) is 62.4 Å². The van der Waals surface area contributed by atoms with Gasteiger partial charge in [-0.05, 0) is 23.5 Å². The van der Waals surface area contributed by atoms with Crippen LogP contribution in [0, 0.1) is 5.41 Å². The van der Waals surface area contributed by atoms with Crippen molar-refractivity contribution in [3.63, 3.8) is 0 Å². The van der Waals surface area contributed by atoms with Crippen LogP contribution in [0.3, 0.4) is 0 Å². The van der Waals surface area contributed by atoms with Crippen LogP contribution in [0.4, 0.5) is 0 Å². The van der Waals surface area contributed by atoms with E-state index in [9.17, 15) is 4.79 Å². The van der Waals surface area contributed by atoms with Crippen LogP contribution in [0.25, 0.3) is 21.8 Å². The highest BCUT2D eigenvalue weighted by molar-refractivity contribution is 6.19. The second-order valence-electron chi connectivity index (χ2n) is 8.40. The van der Waals surface area contributed by atoms with Crippen LogP contribution < -0.4 is 0 Å². The number of halogens is 1. The molecule has 0 spiro atoms. The van der Waals surface area contributed by atoms with Gasteiger partial charge in [-0.2, -0.15) is 0 Å². The Balaban J connectivity index is 0.00000192. The number of H-pyrrole nitrogens is 1. The van der Waals surface area contributed by atoms with E-state index >= 15 is 0 Å². The number of benzene rings is 2. The third kappa shape index (κ3) is 3.00. The SMILES string of the molecule is CC1(C)CC(=O)c2c(nc(Cc3ccccc3)c3[nH]c4ccccc4c23)C1.Cl. The lowest BCUT2D eigenvalue weighted by molar-refractivity contribution is 0.0912. The van der Waals surface area contributed by atoms with Crippen LogP contribution in [0.15, 0.2) is 54.6 Å². The number of rotatable bonds is 2. The molecule has 1 aliphatic rings. The van der Waals surface area contributed by atoms with Crippen LogP contribution in [-0.4, -0.2) is 15.8 Å². The molecule has 2 aromatic heterocycles. The number of fused-ring (bicyclic) bond motifs is 5. The molecule has 3 nitrogen and oxygen atoms in total. The first-order valence-corrected chi connectivity index (χ1v) is 9.51. The van der Waals surface area contributed by atoms with Crippen LogP contribution in [0.1, 0.15) is 47.6 Å². The molecule has 0 radical (unpaired) electrons. The smallest absolute Gasteiger partial charge is 0.165 e. The van der Waals surface area contributed by atoms with Gasteiger partial charge in [0.1, 0.15) is 0 Å². The van der Waals surface area contributed by atoms with Crippen molar-refractivity contribution in [3.05, 3.63) is 77.1 Å². The van der Waals surface area contributed by atoms with Crippen molar-refractivity contribution < 1.29 is 4.79 Å². The fourth-order valence-electron chi connectivity index (χ4n) is 4.42. The van der Waals surface area contributed by atoms with E-state index in [0.29, 0.717) is 6.42 Å². The third-order valence-corrected chi connectivity index (χ3v) is 5.58. The van der Waals surface area contributed by atoms with Crippen LogP contribution in [0.2, 0.25) is 0 Å². The van der Waals surface area contributed by atoms with Crippen molar-refractivity contribution in [2.45, 2.75) is 33.1 Å². The molecule has 4 heteroatoms. The summed E-state index contributed by atoms with van der Waals surface area (Å²) in [5.74, 6) is 0.217. The minimum Gasteiger partial charge on any atom is -0.353 e. The van der Waals surface area contributed by atoms with Gasteiger partial charge >= 0.3 is 0 Å². The number of aromatic nitrogens is 2. The fourth-order valence-corrected chi connectivity index (χ4v) is 4.42. The predicted octanol–water partition coefficient (Wildman–Crippen LogP) is 5.88. The van der Waals surface area contributed by atoms with Crippen molar-refractivity contribution in [2.75, 3.05) is 0 Å². The molecule has 28 heavy (non-hydrogen) atoms. The minimum atomic E-state index is -0.0408. The van der Waals surface area contributed by atoms with Crippen LogP contribution >= 0.6 is 12.4 Å². The molecular weight excluding hydrogens is 368 g/mol. The number of ketones is 1. The maximum absolute atomic E-state index is 13.1. The summed E-state index contributed by atoms with van der Waals surface area (Å²) in [5, 5.41) is 2.18. The molecule has 0 aliphatic heterocycles. The number of Topliss-reactive ketones (excluding diaryl/α,β-unsaturated/α-hetero) is 1. The normalized spacial score (nSPS) is 15.4. The zero-order valence-electron chi connectivity index (χ0n) is 16.1. The lowest BCUT2D eigenvalue weighted by atomic mass is 9.74. The molecule has 2 heterocycles. The molecule has 0 unspecified atom stereocenters. The van der Waals surface area contributed by atoms with E-state index in [1.54, 1.807) is 0 Å². The molecule has 0 amide bonds. The highest BCUT2D eigenvalue weighted by Gasteiger charge is 2.34. The average molecular weight is 391 g/mol. The first kappa shape index (κ1) is 18.7. The summed E-state index contributed by atoms with van der Waals surface area (Å²) in [4.78, 5) is 21.6. The molecule has 2 aromatic carbocycles. The number of hydrogen-bond donors (Lipinski definition) is 1. The summed E-state index contributed by atoms with van der Waals surface area (Å²) in [6, 6.07) is 18.7. The molecule has 1 aliphatic carbocycles. The van der Waals surface area contributed by atoms with Gasteiger partial charge in [-0.3, -0.25) is 9.78 Å². The molecule has 0 fully saturated rings. The quantitative estimate of drug-likeness (QED) is 0.464. The number of nitrogens with one attached hydrogen (secondary N) is 1. The molecular formula is C24H23ClN2O. The van der Waals surface area contributed by atoms with Gasteiger partial charge in [0.05, 0.1) is 16.9 Å². The second-order valence-corrected chi connectivity index (χ2v) is 8.40. The summed E-state index contributed by atoms with van der Waals surface area (Å²) >= 11 is 0. The van der Waals surface area contributed by atoms with E-state index in [1.165, 1.54) is 5.56 Å². The van der Waals surface area contributed by atoms with Crippen molar-refractivity contribution >= 4 is 40.0 Å². The van der Waals surface area contributed by atoms with E-state index in [-0.39, 0.29) is 23.6 Å². The number of pyridine rings is 1. The number of carbonyl (C=O) groups is 1. The van der Waals surface area contributed by atoms with E-state index in [2.05, 4.69) is 55.2 Å². The molecule has 0 saturated carbocycles. The van der Waals surface area contributed by atoms with Crippen LogP contribution in [0.5, 0.6) is 0 Å². The maximum Gasteiger partial charge on any atom is 0.165 e. The molecule has 5 rings (SSSR count). The van der Waals surface area contributed by atoms with E-state index < -0.39 is 0 Å². The van der Waals surface area contributed by atoms with Gasteiger partial charge in [0.15, 0.2) is 5.78 Å². The Hall–Kier alpha value is -2.65. The molecule has 0 saturated heterocycles. The number of para-hydroxylation sites is 1. The fraction of sp³-hybridized carbons (Fsp3) is 0.250. The van der Waals surface area contributed by atoms with E-state index in [4.69, 9.17) is 4.98 Å². The van der Waals surface area contributed by atoms with Gasteiger partial charge in [0.25, 0.3) is 0 Å². The zero-order chi connectivity index (χ0) is 18.6. The Labute approximate surface area is 170 Å². The number of nitrogens with zero attached hydrogens (tertiary/aromatic N) is 1. The molecule has 4 aromatic rings. The zero-order valence-corrected chi connectivity index (χ0v) is 16.9. The molecule has 142 valence electrons. The first-order valence-electron chi connectivity index (χ1n) is 9.51. The van der Waals surface area contributed by atoms with Crippen molar-refractivity contribution in [1.29, 1.82) is 0 Å². The van der Waals surface area contributed by atoms with Gasteiger partial charge in [-0.25, -0.2) is 0 Å². The Morgan fingerprint density at radius 1 is 1.00 bits per heavy atom. The summed E-state index contributed by atoms with van der Waals surface area (Å²) in [6.07, 6.45) is 2.17. The summed E-state index contributed by atoms with van der Waals surface area (Å²) in [5.41, 5.74) is 6.07. The van der Waals surface area contributed by atoms with Gasteiger partial charge < -0.3 is 4.98 Å². The Morgan fingerprint density at radius 3 is 2.50 bits per heavy atom. The predicted molar refractivity (Wildman–Crippen MR) is 117 cm³/mol. The Bertz CT molecular complexity index is 1190. The van der Waals surface area contributed by atoms with Crippen molar-refractivity contribution in [3.8, 4) is 0 Å². The topological polar surface area (TPSA) is 45.8 Å². The first-order chi connectivity index (χ1) is 13.0. The summed E-state index contributed by atoms with van der Waals surface area (Å²) in [6.45, 7) is 4.32. The average Bonchev–Trinajstić information content (AvgIpc) is 3.01. The maximum atomic E-state index is 13.1. The van der Waals surface area contributed by atoms with Crippen molar-refractivity contribution in [2.24, 2.45) is 5.41 Å². The lowest BCUT2D eigenvalue weighted by Gasteiger charge is -2.30. The minimum absolute atomic E-state index is 0. The molecule has 0 atom stereocenters. The van der Waals surface area contributed by atoms with Crippen molar-refractivity contribution in [1.82, 2.24) is 9.97 Å².